The van der Waals surface area contributed by atoms with Crippen molar-refractivity contribution in [1.29, 1.82) is 0 Å². The van der Waals surface area contributed by atoms with Gasteiger partial charge in [-0.1, -0.05) is 11.2 Å². The molecule has 11 nitrogen and oxygen atoms in total. The summed E-state index contributed by atoms with van der Waals surface area (Å²) in [6, 6.07) is 4.84. The standard InChI is InChI=1S/C18H16N6O5/c1-28-18(27)12-9-23(8-11-16(12)20-21-17(11)26)7-5-13-19-14(29-22-13)10-24-6-3-2-4-15(24)25/h2-4,6,8-9H,5,7,10H2,1H3,(H,21,26). The molecule has 0 amide bonds. The van der Waals surface area contributed by atoms with Crippen LogP contribution in [-0.4, -0.2) is 42.6 Å². The maximum absolute atomic E-state index is 12.0. The van der Waals surface area contributed by atoms with Crippen molar-refractivity contribution < 1.29 is 14.1 Å². The number of aryl methyl sites for hydroxylation is 2. The zero-order valence-electron chi connectivity index (χ0n) is 15.4. The van der Waals surface area contributed by atoms with E-state index in [2.05, 4.69) is 20.3 Å². The van der Waals surface area contributed by atoms with E-state index in [0.717, 1.165) is 0 Å². The lowest BCUT2D eigenvalue weighted by Gasteiger charge is -2.10. The van der Waals surface area contributed by atoms with E-state index in [1.165, 1.54) is 17.7 Å². The van der Waals surface area contributed by atoms with E-state index in [9.17, 15) is 14.4 Å². The van der Waals surface area contributed by atoms with Crippen molar-refractivity contribution in [3.05, 3.63) is 74.8 Å². The number of fused-ring (bicyclic) bond motifs is 1. The van der Waals surface area contributed by atoms with Gasteiger partial charge in [0.1, 0.15) is 17.8 Å². The van der Waals surface area contributed by atoms with Crippen molar-refractivity contribution >= 4 is 5.97 Å². The van der Waals surface area contributed by atoms with Crippen LogP contribution in [0.5, 0.6) is 0 Å². The van der Waals surface area contributed by atoms with Gasteiger partial charge in [-0.2, -0.15) is 10.1 Å². The van der Waals surface area contributed by atoms with Gasteiger partial charge in [-0.15, -0.1) is 0 Å². The van der Waals surface area contributed by atoms with Gasteiger partial charge in [0, 0.05) is 37.6 Å². The number of esters is 1. The first-order valence-corrected chi connectivity index (χ1v) is 8.68. The summed E-state index contributed by atoms with van der Waals surface area (Å²) in [5.74, 6) is 0.150. The van der Waals surface area contributed by atoms with Crippen molar-refractivity contribution in [2.24, 2.45) is 0 Å². The molecule has 0 saturated carbocycles. The number of nitrogens with zero attached hydrogens (tertiary/aromatic N) is 5. The van der Waals surface area contributed by atoms with Gasteiger partial charge in [-0.05, 0) is 6.07 Å². The van der Waals surface area contributed by atoms with Crippen LogP contribution in [-0.2, 0) is 24.2 Å². The highest BCUT2D eigenvalue weighted by Crippen LogP contribution is 2.20. The molecule has 1 N–H and O–H groups in total. The number of ether oxygens (including phenoxy) is 1. The lowest BCUT2D eigenvalue weighted by Crippen LogP contribution is -2.18. The summed E-state index contributed by atoms with van der Waals surface area (Å²) in [6.45, 7) is 0.557. The van der Waals surface area contributed by atoms with Gasteiger partial charge in [0.2, 0.25) is 5.89 Å². The van der Waals surface area contributed by atoms with E-state index >= 15 is 0 Å². The van der Waals surface area contributed by atoms with E-state index in [4.69, 9.17) is 9.26 Å². The van der Waals surface area contributed by atoms with Crippen LogP contribution in [0.15, 0.2) is 50.9 Å². The number of pyridine rings is 2. The van der Waals surface area contributed by atoms with Crippen molar-refractivity contribution in [2.75, 3.05) is 7.11 Å². The Kier molecular flexibility index (Phi) is 4.77. The van der Waals surface area contributed by atoms with Gasteiger partial charge in [0.05, 0.1) is 12.7 Å². The molecule has 4 rings (SSSR count). The largest absolute Gasteiger partial charge is 0.465 e. The normalized spacial score (nSPS) is 11.1. The number of hydrogen-bond donors (Lipinski definition) is 1. The van der Waals surface area contributed by atoms with E-state index in [1.54, 1.807) is 35.3 Å². The molecule has 0 atom stereocenters. The molecular formula is C18H16N6O5. The van der Waals surface area contributed by atoms with Gasteiger partial charge < -0.3 is 18.4 Å². The molecule has 2 aliphatic heterocycles. The Balaban J connectivity index is 1.52. The lowest BCUT2D eigenvalue weighted by atomic mass is 10.1. The van der Waals surface area contributed by atoms with E-state index in [1.807, 2.05) is 0 Å². The minimum atomic E-state index is -0.592. The Labute approximate surface area is 162 Å². The highest BCUT2D eigenvalue weighted by molar-refractivity contribution is 5.95. The summed E-state index contributed by atoms with van der Waals surface area (Å²) >= 11 is 0. The zero-order chi connectivity index (χ0) is 20.4. The number of carbonyl (C=O) groups excluding carboxylic acids is 1. The number of carbonyl (C=O) groups is 1. The van der Waals surface area contributed by atoms with Crippen molar-refractivity contribution in [1.82, 2.24) is 29.5 Å². The fourth-order valence-corrected chi connectivity index (χ4v) is 2.90. The van der Waals surface area contributed by atoms with Crippen LogP contribution in [0, 0.1) is 0 Å². The first kappa shape index (κ1) is 18.3. The summed E-state index contributed by atoms with van der Waals surface area (Å²) < 4.78 is 13.1. The third kappa shape index (κ3) is 3.70. The quantitative estimate of drug-likeness (QED) is 0.459. The molecule has 0 unspecified atom stereocenters. The molecule has 0 fully saturated rings. The topological polar surface area (TPSA) is 138 Å². The van der Waals surface area contributed by atoms with Gasteiger partial charge in [-0.25, -0.2) is 9.89 Å². The first-order valence-electron chi connectivity index (χ1n) is 8.68. The molecule has 2 aromatic heterocycles. The van der Waals surface area contributed by atoms with E-state index in [0.29, 0.717) is 24.7 Å². The molecule has 2 aliphatic rings. The monoisotopic (exact) mass is 396 g/mol. The van der Waals surface area contributed by atoms with E-state index in [-0.39, 0.29) is 28.9 Å². The predicted octanol–water partition coefficient (Wildman–Crippen LogP) is 0.299. The highest BCUT2D eigenvalue weighted by atomic mass is 16.5. The Morgan fingerprint density at radius 1 is 1.28 bits per heavy atom. The van der Waals surface area contributed by atoms with Gasteiger partial charge in [-0.3, -0.25) is 9.59 Å². The second-order valence-electron chi connectivity index (χ2n) is 6.24. The Hall–Kier alpha value is -4.02. The average molecular weight is 396 g/mol. The average Bonchev–Trinajstić information content (AvgIpc) is 3.33. The molecule has 0 saturated heterocycles. The fraction of sp³-hybridized carbons (Fsp3) is 0.222. The van der Waals surface area contributed by atoms with Crippen LogP contribution in [0.3, 0.4) is 0 Å². The first-order chi connectivity index (χ1) is 14.0. The third-order valence-corrected chi connectivity index (χ3v) is 4.33. The third-order valence-electron chi connectivity index (χ3n) is 4.33. The molecule has 4 heterocycles. The van der Waals surface area contributed by atoms with Crippen LogP contribution in [0.4, 0.5) is 0 Å². The minimum Gasteiger partial charge on any atom is -0.465 e. The zero-order valence-corrected chi connectivity index (χ0v) is 15.4. The number of rotatable bonds is 6. The number of H-pyrrole nitrogens is 1. The Morgan fingerprint density at radius 3 is 2.93 bits per heavy atom. The smallest absolute Gasteiger partial charge is 0.341 e. The van der Waals surface area contributed by atoms with E-state index < -0.39 is 11.5 Å². The molecule has 0 bridgehead atoms. The Bertz CT molecular complexity index is 1250. The molecule has 11 heteroatoms. The van der Waals surface area contributed by atoms with Crippen LogP contribution >= 0.6 is 0 Å². The lowest BCUT2D eigenvalue weighted by molar-refractivity contribution is 0.0600. The van der Waals surface area contributed by atoms with Crippen molar-refractivity contribution in [3.63, 3.8) is 0 Å². The van der Waals surface area contributed by atoms with Crippen LogP contribution in [0.1, 0.15) is 22.1 Å². The van der Waals surface area contributed by atoms with Crippen LogP contribution < -0.4 is 11.1 Å². The second kappa shape index (κ2) is 7.54. The van der Waals surface area contributed by atoms with Crippen molar-refractivity contribution in [3.8, 4) is 11.3 Å². The molecule has 148 valence electrons. The number of nitrogens with one attached hydrogen (secondary N) is 1. The molecule has 0 aromatic carbocycles. The summed E-state index contributed by atoms with van der Waals surface area (Å²) in [7, 11) is 1.26. The number of hydrogen-bond acceptors (Lipinski definition) is 8. The predicted molar refractivity (Wildman–Crippen MR) is 98.6 cm³/mol. The summed E-state index contributed by atoms with van der Waals surface area (Å²) in [5.41, 5.74) is 0.161. The molecule has 0 radical (unpaired) electrons. The van der Waals surface area contributed by atoms with Crippen LogP contribution in [0.25, 0.3) is 11.3 Å². The molecule has 2 aromatic rings. The summed E-state index contributed by atoms with van der Waals surface area (Å²) in [5, 5.41) is 10.1. The SMILES string of the molecule is COC(=O)c1cn(CCc2noc(Cn3ccccc3=O)n2)cc2c(=O)[nH]nc1-2. The van der Waals surface area contributed by atoms with Crippen LogP contribution in [0.2, 0.25) is 0 Å². The number of aromatic amines is 1. The van der Waals surface area contributed by atoms with Gasteiger partial charge in [0.15, 0.2) is 5.82 Å². The molecule has 29 heavy (non-hydrogen) atoms. The summed E-state index contributed by atoms with van der Waals surface area (Å²) in [6.07, 6.45) is 5.17. The maximum Gasteiger partial charge on any atom is 0.341 e. The fourth-order valence-electron chi connectivity index (χ4n) is 2.90. The van der Waals surface area contributed by atoms with Gasteiger partial charge in [0.25, 0.3) is 11.1 Å². The highest BCUT2D eigenvalue weighted by Gasteiger charge is 2.22. The second-order valence-corrected chi connectivity index (χ2v) is 6.24. The summed E-state index contributed by atoms with van der Waals surface area (Å²) in [4.78, 5) is 40.0. The molecule has 0 aliphatic carbocycles. The molecular weight excluding hydrogens is 380 g/mol. The maximum atomic E-state index is 12.0. The van der Waals surface area contributed by atoms with Gasteiger partial charge >= 0.3 is 5.97 Å². The number of aromatic nitrogens is 6. The molecule has 0 spiro atoms. The number of methoxy groups -OCH3 is 1. The van der Waals surface area contributed by atoms with Crippen molar-refractivity contribution in [2.45, 2.75) is 19.5 Å². The Morgan fingerprint density at radius 2 is 2.14 bits per heavy atom. The minimum absolute atomic E-state index is 0.167.